The summed E-state index contributed by atoms with van der Waals surface area (Å²) in [5.41, 5.74) is 3.56. The second-order valence-electron chi connectivity index (χ2n) is 11.4. The van der Waals surface area contributed by atoms with E-state index in [0.717, 1.165) is 61.4 Å². The lowest BCUT2D eigenvalue weighted by Gasteiger charge is -2.35. The minimum absolute atomic E-state index is 0.114. The van der Waals surface area contributed by atoms with Crippen molar-refractivity contribution in [3.8, 4) is 17.6 Å². The normalized spacial score (nSPS) is 20.5. The van der Waals surface area contributed by atoms with Gasteiger partial charge in [0.2, 0.25) is 0 Å². The molecule has 9 nitrogen and oxygen atoms in total. The van der Waals surface area contributed by atoms with Crippen LogP contribution >= 0.6 is 0 Å². The summed E-state index contributed by atoms with van der Waals surface area (Å²) in [6.07, 6.45) is 2.31. The molecule has 2 atom stereocenters. The summed E-state index contributed by atoms with van der Waals surface area (Å²) in [5, 5.41) is 18.6. The Hall–Kier alpha value is -4.46. The number of rotatable bonds is 7. The minimum atomic E-state index is -0.955. The van der Waals surface area contributed by atoms with Crippen LogP contribution in [0.25, 0.3) is 11.0 Å². The standard InChI is InChI=1S/C33H31FN4O5/c34-26-14-20(16-35)4-6-25(26)30-19-42-29-3-1-2-24(32(29)43-30)21-8-11-37(12-9-21)18-31-36-27-7-5-22(33(39)40)15-28(27)38(31)17-23-10-13-41-23/h1-7,14-15,21,23,30H,8-13,17-19H2,(H,39,40)/t23-,30?/m0/s1. The number of benzene rings is 3. The molecule has 0 saturated carbocycles. The molecular weight excluding hydrogens is 551 g/mol. The van der Waals surface area contributed by atoms with Crippen molar-refractivity contribution in [1.29, 1.82) is 5.26 Å². The van der Waals surface area contributed by atoms with Gasteiger partial charge in [0.25, 0.3) is 0 Å². The predicted octanol–water partition coefficient (Wildman–Crippen LogP) is 5.43. The molecule has 1 unspecified atom stereocenters. The highest BCUT2D eigenvalue weighted by atomic mass is 19.1. The third kappa shape index (κ3) is 5.31. The highest BCUT2D eigenvalue weighted by molar-refractivity contribution is 5.92. The van der Waals surface area contributed by atoms with E-state index in [-0.39, 0.29) is 29.8 Å². The van der Waals surface area contributed by atoms with E-state index in [4.69, 9.17) is 24.5 Å². The average molecular weight is 583 g/mol. The Morgan fingerprint density at radius 2 is 1.93 bits per heavy atom. The molecule has 7 rings (SSSR count). The van der Waals surface area contributed by atoms with E-state index in [1.165, 1.54) is 6.07 Å². The molecule has 0 spiro atoms. The largest absolute Gasteiger partial charge is 0.485 e. The number of likely N-dealkylation sites (tertiary alicyclic amines) is 1. The number of carboxylic acids is 1. The van der Waals surface area contributed by atoms with Crippen LogP contribution in [-0.2, 0) is 17.8 Å². The molecule has 3 aliphatic heterocycles. The van der Waals surface area contributed by atoms with Crippen LogP contribution in [0.15, 0.2) is 54.6 Å². The molecule has 43 heavy (non-hydrogen) atoms. The van der Waals surface area contributed by atoms with E-state index in [2.05, 4.69) is 15.5 Å². The first-order valence-corrected chi connectivity index (χ1v) is 14.6. The van der Waals surface area contributed by atoms with Gasteiger partial charge in [-0.2, -0.15) is 5.26 Å². The van der Waals surface area contributed by atoms with E-state index < -0.39 is 17.9 Å². The van der Waals surface area contributed by atoms with E-state index >= 15 is 0 Å². The van der Waals surface area contributed by atoms with Crippen molar-refractivity contribution in [2.45, 2.75) is 50.5 Å². The average Bonchev–Trinajstić information content (AvgIpc) is 3.34. The number of ether oxygens (including phenoxy) is 3. The molecule has 10 heteroatoms. The highest BCUT2D eigenvalue weighted by Crippen LogP contribution is 2.45. The van der Waals surface area contributed by atoms with Gasteiger partial charge in [0.15, 0.2) is 17.6 Å². The van der Waals surface area contributed by atoms with Crippen LogP contribution in [0, 0.1) is 17.1 Å². The summed E-state index contributed by atoms with van der Waals surface area (Å²) < 4.78 is 35.0. The number of nitrogens with zero attached hydrogens (tertiary/aromatic N) is 4. The lowest BCUT2D eigenvalue weighted by atomic mass is 9.88. The number of carbonyl (C=O) groups is 1. The number of carboxylic acid groups (broad SMARTS) is 1. The molecule has 2 saturated heterocycles. The van der Waals surface area contributed by atoms with E-state index in [0.29, 0.717) is 30.2 Å². The van der Waals surface area contributed by atoms with Crippen LogP contribution in [-0.4, -0.2) is 57.9 Å². The smallest absolute Gasteiger partial charge is 0.335 e. The second kappa shape index (κ2) is 11.3. The Labute approximate surface area is 248 Å². The van der Waals surface area contributed by atoms with Gasteiger partial charge >= 0.3 is 5.97 Å². The van der Waals surface area contributed by atoms with Gasteiger partial charge in [-0.05, 0) is 74.7 Å². The SMILES string of the molecule is N#Cc1ccc(C2COc3cccc(C4CCN(Cc5nc6ccc(C(=O)O)cc6n5C[C@@H]5CCO5)CC4)c3O2)c(F)c1. The first-order chi connectivity index (χ1) is 21.0. The highest BCUT2D eigenvalue weighted by Gasteiger charge is 2.31. The third-order valence-electron chi connectivity index (χ3n) is 8.78. The van der Waals surface area contributed by atoms with Gasteiger partial charge in [0.05, 0.1) is 47.4 Å². The van der Waals surface area contributed by atoms with Crippen molar-refractivity contribution in [2.75, 3.05) is 26.3 Å². The van der Waals surface area contributed by atoms with E-state index in [1.807, 2.05) is 18.2 Å². The Balaban J connectivity index is 1.07. The van der Waals surface area contributed by atoms with Crippen molar-refractivity contribution in [1.82, 2.24) is 14.5 Å². The molecule has 2 fully saturated rings. The second-order valence-corrected chi connectivity index (χ2v) is 11.4. The maximum atomic E-state index is 14.8. The fraction of sp³-hybridized carbons (Fsp3) is 0.364. The topological polar surface area (TPSA) is 110 Å². The third-order valence-corrected chi connectivity index (χ3v) is 8.78. The number of aromatic nitrogens is 2. The van der Waals surface area contributed by atoms with Crippen molar-refractivity contribution < 1.29 is 28.5 Å². The number of hydrogen-bond donors (Lipinski definition) is 1. The number of aromatic carboxylic acids is 1. The first-order valence-electron chi connectivity index (χ1n) is 14.6. The van der Waals surface area contributed by atoms with Crippen molar-refractivity contribution in [3.05, 3.63) is 88.5 Å². The number of piperidine rings is 1. The molecule has 0 amide bonds. The maximum absolute atomic E-state index is 14.8. The Bertz CT molecular complexity index is 1740. The van der Waals surface area contributed by atoms with E-state index in [9.17, 15) is 14.3 Å². The monoisotopic (exact) mass is 582 g/mol. The molecule has 3 aromatic carbocycles. The van der Waals surface area contributed by atoms with Crippen LogP contribution in [0.4, 0.5) is 4.39 Å². The Morgan fingerprint density at radius 3 is 2.65 bits per heavy atom. The van der Waals surface area contributed by atoms with Gasteiger partial charge in [-0.25, -0.2) is 14.2 Å². The summed E-state index contributed by atoms with van der Waals surface area (Å²) in [6, 6.07) is 17.4. The summed E-state index contributed by atoms with van der Waals surface area (Å²) in [7, 11) is 0. The molecule has 4 heterocycles. The molecule has 1 aromatic heterocycles. The number of imidazole rings is 1. The predicted molar refractivity (Wildman–Crippen MR) is 155 cm³/mol. The number of halogens is 1. The number of nitriles is 1. The van der Waals surface area contributed by atoms with Crippen LogP contribution in [0.1, 0.15) is 64.2 Å². The molecular formula is C33H31FN4O5. The van der Waals surface area contributed by atoms with Crippen LogP contribution in [0.5, 0.6) is 11.5 Å². The van der Waals surface area contributed by atoms with Crippen molar-refractivity contribution in [3.63, 3.8) is 0 Å². The zero-order chi connectivity index (χ0) is 29.5. The molecule has 4 aromatic rings. The summed E-state index contributed by atoms with van der Waals surface area (Å²) >= 11 is 0. The molecule has 1 N–H and O–H groups in total. The lowest BCUT2D eigenvalue weighted by molar-refractivity contribution is -0.0592. The van der Waals surface area contributed by atoms with Crippen molar-refractivity contribution >= 4 is 17.0 Å². The number of hydrogen-bond acceptors (Lipinski definition) is 7. The van der Waals surface area contributed by atoms with Crippen LogP contribution < -0.4 is 9.47 Å². The zero-order valence-electron chi connectivity index (χ0n) is 23.5. The van der Waals surface area contributed by atoms with Gasteiger partial charge in [-0.3, -0.25) is 4.90 Å². The summed E-state index contributed by atoms with van der Waals surface area (Å²) in [5.74, 6) is 1.06. The van der Waals surface area contributed by atoms with Gasteiger partial charge in [-0.15, -0.1) is 0 Å². The minimum Gasteiger partial charge on any atom is -0.485 e. The van der Waals surface area contributed by atoms with Gasteiger partial charge < -0.3 is 23.9 Å². The van der Waals surface area contributed by atoms with E-state index in [1.54, 1.807) is 30.3 Å². The van der Waals surface area contributed by atoms with Gasteiger partial charge in [-0.1, -0.05) is 18.2 Å². The Morgan fingerprint density at radius 1 is 1.09 bits per heavy atom. The summed E-state index contributed by atoms with van der Waals surface area (Å²) in [4.78, 5) is 18.9. The maximum Gasteiger partial charge on any atom is 0.335 e. The molecule has 3 aliphatic rings. The van der Waals surface area contributed by atoms with Crippen LogP contribution in [0.3, 0.4) is 0 Å². The number of para-hydroxylation sites is 1. The number of fused-ring (bicyclic) bond motifs is 2. The fourth-order valence-electron chi connectivity index (χ4n) is 6.31. The molecule has 220 valence electrons. The molecule has 0 aliphatic carbocycles. The van der Waals surface area contributed by atoms with Crippen molar-refractivity contribution in [2.24, 2.45) is 0 Å². The lowest BCUT2D eigenvalue weighted by Crippen LogP contribution is -2.35. The Kier molecular flexibility index (Phi) is 7.21. The fourth-order valence-corrected chi connectivity index (χ4v) is 6.31. The molecule has 0 bridgehead atoms. The molecule has 0 radical (unpaired) electrons. The van der Waals surface area contributed by atoms with Gasteiger partial charge in [0, 0.05) is 17.7 Å². The quantitative estimate of drug-likeness (QED) is 0.307. The zero-order valence-corrected chi connectivity index (χ0v) is 23.5. The van der Waals surface area contributed by atoms with Crippen LogP contribution in [0.2, 0.25) is 0 Å². The summed E-state index contributed by atoms with van der Waals surface area (Å²) in [6.45, 7) is 3.96. The first kappa shape index (κ1) is 27.4. The van der Waals surface area contributed by atoms with Gasteiger partial charge in [0.1, 0.15) is 18.2 Å².